The monoisotopic (exact) mass is 398 g/mol. The van der Waals surface area contributed by atoms with Crippen molar-refractivity contribution in [3.05, 3.63) is 24.3 Å². The van der Waals surface area contributed by atoms with Gasteiger partial charge in [-0.15, -0.1) is 0 Å². The van der Waals surface area contributed by atoms with E-state index in [9.17, 15) is 18.0 Å². The third-order valence-electron chi connectivity index (χ3n) is 4.41. The predicted octanol–water partition coefficient (Wildman–Crippen LogP) is 2.32. The first-order valence-corrected chi connectivity index (χ1v) is 11.0. The van der Waals surface area contributed by atoms with E-state index in [1.54, 1.807) is 24.3 Å². The fourth-order valence-corrected chi connectivity index (χ4v) is 5.41. The fourth-order valence-electron chi connectivity index (χ4n) is 3.17. The number of amides is 2. The molecular weight excluding hydrogens is 376 g/mol. The van der Waals surface area contributed by atoms with Gasteiger partial charge in [0.05, 0.1) is 16.8 Å². The second-order valence-electron chi connectivity index (χ2n) is 6.59. The van der Waals surface area contributed by atoms with E-state index in [0.717, 1.165) is 11.8 Å². The first kappa shape index (κ1) is 19.2. The lowest BCUT2D eigenvalue weighted by atomic mass is 10.1. The number of ether oxygens (including phenoxy) is 1. The number of carbonyl (C=O) groups excluding carboxylic acids is 2. The number of sulfonamides is 1. The molecule has 0 unspecified atom stereocenters. The maximum Gasteiger partial charge on any atom is 0.289 e. The van der Waals surface area contributed by atoms with Gasteiger partial charge < -0.3 is 4.74 Å². The minimum atomic E-state index is -3.60. The van der Waals surface area contributed by atoms with Crippen LogP contribution in [0.2, 0.25) is 0 Å². The second-order valence-corrected chi connectivity index (χ2v) is 9.46. The average Bonchev–Trinajstić information content (AvgIpc) is 2.93. The third kappa shape index (κ3) is 3.89. The molecule has 0 radical (unpaired) electrons. The van der Waals surface area contributed by atoms with Crippen molar-refractivity contribution in [2.45, 2.75) is 43.7 Å². The zero-order chi connectivity index (χ0) is 18.9. The molecule has 0 N–H and O–H groups in total. The quantitative estimate of drug-likeness (QED) is 0.757. The molecule has 142 valence electrons. The van der Waals surface area contributed by atoms with Gasteiger partial charge in [0.25, 0.3) is 5.24 Å². The van der Waals surface area contributed by atoms with Crippen LogP contribution in [-0.4, -0.2) is 59.8 Å². The van der Waals surface area contributed by atoms with Crippen molar-refractivity contribution in [3.8, 4) is 5.75 Å². The molecule has 9 heteroatoms. The molecule has 3 rings (SSSR count). The van der Waals surface area contributed by atoms with Crippen LogP contribution in [0.25, 0.3) is 0 Å². The summed E-state index contributed by atoms with van der Waals surface area (Å²) < 4.78 is 32.6. The SMILES string of the molecule is CC(C)Oc1ccc(S(=O)(=O)N2CCC(N3C(=O)CSC3=O)CC2)cc1. The molecule has 1 aromatic carbocycles. The molecule has 1 aromatic rings. The van der Waals surface area contributed by atoms with E-state index < -0.39 is 10.0 Å². The molecule has 0 aliphatic carbocycles. The number of imide groups is 1. The van der Waals surface area contributed by atoms with E-state index in [0.29, 0.717) is 31.7 Å². The summed E-state index contributed by atoms with van der Waals surface area (Å²) in [6.07, 6.45) is 0.947. The predicted molar refractivity (Wildman–Crippen MR) is 98.7 cm³/mol. The van der Waals surface area contributed by atoms with Crippen LogP contribution in [0.1, 0.15) is 26.7 Å². The molecule has 0 spiro atoms. The number of piperidine rings is 1. The molecule has 2 amide bonds. The van der Waals surface area contributed by atoms with Crippen LogP contribution >= 0.6 is 11.8 Å². The number of thioether (sulfide) groups is 1. The van der Waals surface area contributed by atoms with Crippen LogP contribution < -0.4 is 4.74 Å². The van der Waals surface area contributed by atoms with Crippen LogP contribution in [-0.2, 0) is 14.8 Å². The lowest BCUT2D eigenvalue weighted by Crippen LogP contribution is -2.48. The number of hydrogen-bond donors (Lipinski definition) is 0. The van der Waals surface area contributed by atoms with Crippen molar-refractivity contribution >= 4 is 32.9 Å². The lowest BCUT2D eigenvalue weighted by molar-refractivity contribution is -0.126. The van der Waals surface area contributed by atoms with Crippen LogP contribution in [0.5, 0.6) is 5.75 Å². The normalized spacial score (nSPS) is 20.2. The van der Waals surface area contributed by atoms with Gasteiger partial charge in [-0.05, 0) is 51.0 Å². The molecule has 2 fully saturated rings. The summed E-state index contributed by atoms with van der Waals surface area (Å²) in [4.78, 5) is 25.2. The maximum atomic E-state index is 12.8. The van der Waals surface area contributed by atoms with Gasteiger partial charge in [0.2, 0.25) is 15.9 Å². The Labute approximate surface area is 157 Å². The minimum Gasteiger partial charge on any atom is -0.491 e. The average molecular weight is 399 g/mol. The van der Waals surface area contributed by atoms with Gasteiger partial charge in [-0.3, -0.25) is 14.5 Å². The topological polar surface area (TPSA) is 84.0 Å². The zero-order valence-electron chi connectivity index (χ0n) is 14.8. The summed E-state index contributed by atoms with van der Waals surface area (Å²) >= 11 is 1.01. The Hall–Kier alpha value is -1.58. The van der Waals surface area contributed by atoms with Gasteiger partial charge in [0, 0.05) is 19.1 Å². The highest BCUT2D eigenvalue weighted by atomic mass is 32.2. The van der Waals surface area contributed by atoms with Gasteiger partial charge in [0.15, 0.2) is 0 Å². The fraction of sp³-hybridized carbons (Fsp3) is 0.529. The molecule has 0 atom stereocenters. The summed E-state index contributed by atoms with van der Waals surface area (Å²) in [5.41, 5.74) is 0. The van der Waals surface area contributed by atoms with Crippen molar-refractivity contribution in [1.82, 2.24) is 9.21 Å². The number of benzene rings is 1. The number of rotatable bonds is 5. The van der Waals surface area contributed by atoms with E-state index in [2.05, 4.69) is 0 Å². The molecule has 0 saturated carbocycles. The van der Waals surface area contributed by atoms with Crippen molar-refractivity contribution in [1.29, 1.82) is 0 Å². The van der Waals surface area contributed by atoms with E-state index >= 15 is 0 Å². The smallest absolute Gasteiger partial charge is 0.289 e. The van der Waals surface area contributed by atoms with Crippen molar-refractivity contribution in [2.24, 2.45) is 0 Å². The molecular formula is C17H22N2O5S2. The molecule has 2 saturated heterocycles. The Morgan fingerprint density at radius 1 is 1.12 bits per heavy atom. The number of carbonyl (C=O) groups is 2. The Balaban J connectivity index is 1.66. The van der Waals surface area contributed by atoms with Gasteiger partial charge in [-0.1, -0.05) is 11.8 Å². The first-order chi connectivity index (χ1) is 12.3. The Kier molecular flexibility index (Phi) is 5.59. The third-order valence-corrected chi connectivity index (χ3v) is 7.15. The van der Waals surface area contributed by atoms with Crippen LogP contribution in [0.15, 0.2) is 29.2 Å². The summed E-state index contributed by atoms with van der Waals surface area (Å²) in [6.45, 7) is 4.39. The molecule has 2 aliphatic rings. The molecule has 2 aliphatic heterocycles. The Morgan fingerprint density at radius 2 is 1.73 bits per heavy atom. The standard InChI is InChI=1S/C17H22N2O5S2/c1-12(2)24-14-3-5-15(6-4-14)26(22,23)18-9-7-13(8-10-18)19-16(20)11-25-17(19)21/h3-6,12-13H,7-11H2,1-2H3. The van der Waals surface area contributed by atoms with Gasteiger partial charge in [-0.2, -0.15) is 4.31 Å². The number of nitrogens with zero attached hydrogens (tertiary/aromatic N) is 2. The minimum absolute atomic E-state index is 0.0191. The summed E-state index contributed by atoms with van der Waals surface area (Å²) in [7, 11) is -3.60. The molecule has 26 heavy (non-hydrogen) atoms. The van der Waals surface area contributed by atoms with Gasteiger partial charge in [-0.25, -0.2) is 8.42 Å². The van der Waals surface area contributed by atoms with Crippen LogP contribution in [0.4, 0.5) is 4.79 Å². The zero-order valence-corrected chi connectivity index (χ0v) is 16.4. The van der Waals surface area contributed by atoms with Crippen molar-refractivity contribution in [3.63, 3.8) is 0 Å². The highest BCUT2D eigenvalue weighted by molar-refractivity contribution is 8.14. The molecule has 2 heterocycles. The van der Waals surface area contributed by atoms with E-state index in [1.165, 1.54) is 9.21 Å². The number of hydrogen-bond acceptors (Lipinski definition) is 6. The maximum absolute atomic E-state index is 12.8. The van der Waals surface area contributed by atoms with Crippen LogP contribution in [0, 0.1) is 0 Å². The van der Waals surface area contributed by atoms with Gasteiger partial charge in [0.1, 0.15) is 5.75 Å². The molecule has 0 aromatic heterocycles. The Morgan fingerprint density at radius 3 is 2.23 bits per heavy atom. The van der Waals surface area contributed by atoms with Crippen LogP contribution in [0.3, 0.4) is 0 Å². The summed E-state index contributed by atoms with van der Waals surface area (Å²) in [6, 6.07) is 6.18. The second kappa shape index (κ2) is 7.58. The first-order valence-electron chi connectivity index (χ1n) is 8.54. The largest absolute Gasteiger partial charge is 0.491 e. The summed E-state index contributed by atoms with van der Waals surface area (Å²) in [5, 5.41) is -0.225. The van der Waals surface area contributed by atoms with E-state index in [4.69, 9.17) is 4.74 Å². The Bertz CT molecular complexity index is 768. The van der Waals surface area contributed by atoms with E-state index in [1.807, 2.05) is 13.8 Å². The van der Waals surface area contributed by atoms with E-state index in [-0.39, 0.29) is 33.9 Å². The summed E-state index contributed by atoms with van der Waals surface area (Å²) in [5.74, 6) is 0.630. The molecule has 0 bridgehead atoms. The van der Waals surface area contributed by atoms with Gasteiger partial charge >= 0.3 is 0 Å². The highest BCUT2D eigenvalue weighted by Gasteiger charge is 2.39. The van der Waals surface area contributed by atoms with Crippen molar-refractivity contribution in [2.75, 3.05) is 18.8 Å². The highest BCUT2D eigenvalue weighted by Crippen LogP contribution is 2.29. The molecule has 7 nitrogen and oxygen atoms in total. The van der Waals surface area contributed by atoms with Crippen molar-refractivity contribution < 1.29 is 22.7 Å². The lowest BCUT2D eigenvalue weighted by Gasteiger charge is -2.34.